The molecule has 26 nitrogen and oxygen atoms in total. The van der Waals surface area contributed by atoms with Crippen LogP contribution in [0.5, 0.6) is 17.2 Å². The second kappa shape index (κ2) is 34.7. The van der Waals surface area contributed by atoms with Gasteiger partial charge in [0.25, 0.3) is 0 Å². The van der Waals surface area contributed by atoms with E-state index in [1.165, 1.54) is 0 Å². The lowest BCUT2D eigenvalue weighted by molar-refractivity contribution is 0.0407. The maximum absolute atomic E-state index is 11.9. The summed E-state index contributed by atoms with van der Waals surface area (Å²) in [5.41, 5.74) is 8.89. The molecule has 12 rings (SSSR count). The molecule has 3 saturated heterocycles. The average Bonchev–Trinajstić information content (AvgIpc) is 1.63. The fraction of sp³-hybridized carbons (Fsp3) is 0.365. The van der Waals surface area contributed by atoms with E-state index in [1.54, 1.807) is 68.0 Å². The number of anilines is 3. The number of carbonyl (C=O) groups excluding carboxylic acids is 2. The number of piperidine rings is 2. The van der Waals surface area contributed by atoms with Gasteiger partial charge in [-0.15, -0.1) is 12.8 Å². The number of fused-ring (bicyclic) bond motifs is 3. The van der Waals surface area contributed by atoms with Gasteiger partial charge < -0.3 is 53.3 Å². The largest absolute Gasteiger partial charge is 0.492 e. The Balaban J connectivity index is 0.000000162. The number of nitrogens with one attached hydrogen (secondary N) is 1. The number of rotatable bonds is 19. The Labute approximate surface area is 581 Å². The molecule has 512 valence electrons. The minimum absolute atomic E-state index is 0.0233. The van der Waals surface area contributed by atoms with Crippen molar-refractivity contribution in [3.8, 4) is 105 Å². The summed E-state index contributed by atoms with van der Waals surface area (Å²) in [6.45, 7) is 14.5. The molecule has 12 heterocycles. The number of aromatic nitrogens is 9. The second-order valence-electron chi connectivity index (χ2n) is 23.5. The molecular formula is C74H78N18O8. The average molecular weight is 1350 g/mol. The summed E-state index contributed by atoms with van der Waals surface area (Å²) in [4.78, 5) is 48.0. The van der Waals surface area contributed by atoms with Gasteiger partial charge in [-0.1, -0.05) is 23.7 Å². The standard InChI is InChI=1S/C27H32N6O2.C24H24N6O3.C23H22N6O3/c1-4-34-24-16-25(27-22(17-28)19-30-33(27)20-24)21-8-9-26(29-18-21)32-13-10-23(11-14-32)35-15-7-5-6-12-31(2)3;1-3-11-33-24(31)28-19-7-9-29(10-8-19)22-6-5-17(14-26-22)21-12-20(32-4-2)16-30-23(21)18(13-25)15-27-30;1-3-11-32-23(30)28-9-7-27(8-10-28)21-6-5-17(14-25-21)20-12-19(31-4-2)16-29-22(20)18(13-24)15-26-29/h8-9,16,18-20,23H,4,7,10-15H2,1-3H3;1,5-6,12,14-16,19H,4,7-11H2,2H3,(H,28,31);1,5-6,12,14-16H,4,7-11H2,2H3. The summed E-state index contributed by atoms with van der Waals surface area (Å²) in [6.07, 6.45) is 29.4. The summed E-state index contributed by atoms with van der Waals surface area (Å²) in [6, 6.07) is 24.4. The number of ether oxygens (including phenoxy) is 6. The van der Waals surface area contributed by atoms with Gasteiger partial charge in [0.1, 0.15) is 52.9 Å². The number of amides is 2. The van der Waals surface area contributed by atoms with Crippen LogP contribution in [0.2, 0.25) is 0 Å². The van der Waals surface area contributed by atoms with Gasteiger partial charge in [0.05, 0.1) is 109 Å². The molecule has 26 heteroatoms. The van der Waals surface area contributed by atoms with E-state index < -0.39 is 12.2 Å². The second-order valence-corrected chi connectivity index (χ2v) is 23.5. The Kier molecular flexibility index (Phi) is 24.6. The predicted molar refractivity (Wildman–Crippen MR) is 378 cm³/mol. The molecule has 2 amide bonds. The van der Waals surface area contributed by atoms with Gasteiger partial charge in [0, 0.05) is 117 Å². The highest BCUT2D eigenvalue weighted by atomic mass is 16.6. The van der Waals surface area contributed by atoms with Crippen molar-refractivity contribution < 1.29 is 38.0 Å². The lowest BCUT2D eigenvalue weighted by Crippen LogP contribution is -2.49. The monoisotopic (exact) mass is 1350 g/mol. The zero-order valence-corrected chi connectivity index (χ0v) is 56.7. The topological polar surface area (TPSA) is 280 Å². The fourth-order valence-corrected chi connectivity index (χ4v) is 11.8. The van der Waals surface area contributed by atoms with Crippen LogP contribution in [0, 0.1) is 70.5 Å². The van der Waals surface area contributed by atoms with Crippen LogP contribution in [0.1, 0.15) is 69.6 Å². The molecule has 3 aliphatic heterocycles. The van der Waals surface area contributed by atoms with E-state index in [-0.39, 0.29) is 25.4 Å². The van der Waals surface area contributed by atoms with E-state index >= 15 is 0 Å². The Hall–Kier alpha value is -12.1. The van der Waals surface area contributed by atoms with Crippen molar-refractivity contribution in [3.63, 3.8) is 0 Å². The van der Waals surface area contributed by atoms with Gasteiger partial charge in [0.2, 0.25) is 0 Å². The first kappa shape index (κ1) is 70.7. The van der Waals surface area contributed by atoms with Crippen LogP contribution >= 0.6 is 0 Å². The summed E-state index contributed by atoms with van der Waals surface area (Å²) in [7, 11) is 4.04. The van der Waals surface area contributed by atoms with Crippen LogP contribution in [0.4, 0.5) is 27.0 Å². The zero-order chi connectivity index (χ0) is 70.3. The molecule has 0 atom stereocenters. The smallest absolute Gasteiger partial charge is 0.410 e. The first-order valence-corrected chi connectivity index (χ1v) is 33.1. The van der Waals surface area contributed by atoms with E-state index in [1.807, 2.05) is 89.6 Å². The fourth-order valence-electron chi connectivity index (χ4n) is 11.8. The third-order valence-corrected chi connectivity index (χ3v) is 16.7. The van der Waals surface area contributed by atoms with Crippen molar-refractivity contribution in [3.05, 3.63) is 127 Å². The van der Waals surface area contributed by atoms with E-state index in [9.17, 15) is 25.4 Å². The molecular weight excluding hydrogens is 1270 g/mol. The predicted octanol–water partition coefficient (Wildman–Crippen LogP) is 9.16. The van der Waals surface area contributed by atoms with Gasteiger partial charge in [0.15, 0.2) is 13.2 Å². The van der Waals surface area contributed by atoms with E-state index in [4.69, 9.17) is 46.3 Å². The summed E-state index contributed by atoms with van der Waals surface area (Å²) in [5, 5.41) is 44.3. The van der Waals surface area contributed by atoms with Crippen LogP contribution in [-0.2, 0) is 14.2 Å². The first-order chi connectivity index (χ1) is 48.8. The molecule has 9 aromatic heterocycles. The van der Waals surface area contributed by atoms with Crippen molar-refractivity contribution in [2.75, 3.05) is 127 Å². The Morgan fingerprint density at radius 2 is 0.960 bits per heavy atom. The molecule has 9 aromatic rings. The third-order valence-electron chi connectivity index (χ3n) is 16.7. The van der Waals surface area contributed by atoms with Crippen molar-refractivity contribution in [2.24, 2.45) is 0 Å². The Morgan fingerprint density at radius 1 is 0.550 bits per heavy atom. The highest BCUT2D eigenvalue weighted by Crippen LogP contribution is 2.35. The number of alkyl carbamates (subject to hydrolysis) is 1. The van der Waals surface area contributed by atoms with Crippen LogP contribution in [0.15, 0.2) is 110 Å². The first-order valence-electron chi connectivity index (χ1n) is 33.1. The van der Waals surface area contributed by atoms with E-state index in [0.717, 1.165) is 127 Å². The molecule has 3 fully saturated rings. The van der Waals surface area contributed by atoms with Gasteiger partial charge in [-0.05, 0) is 115 Å². The normalized spacial score (nSPS) is 13.8. The highest BCUT2D eigenvalue weighted by molar-refractivity contribution is 5.87. The molecule has 0 saturated carbocycles. The van der Waals surface area contributed by atoms with Gasteiger partial charge >= 0.3 is 12.2 Å². The number of nitriles is 3. The number of pyridine rings is 6. The summed E-state index contributed by atoms with van der Waals surface area (Å²) < 4.78 is 38.0. The van der Waals surface area contributed by atoms with Crippen molar-refractivity contribution >= 4 is 46.2 Å². The number of nitrogens with zero attached hydrogens (tertiary/aromatic N) is 17. The molecule has 1 N–H and O–H groups in total. The Morgan fingerprint density at radius 3 is 1.34 bits per heavy atom. The van der Waals surface area contributed by atoms with Crippen LogP contribution in [-0.4, -0.2) is 191 Å². The lowest BCUT2D eigenvalue weighted by atomic mass is 10.0. The summed E-state index contributed by atoms with van der Waals surface area (Å²) >= 11 is 0. The number of terminal acetylenes is 2. The molecule has 0 radical (unpaired) electrons. The number of hydrogen-bond donors (Lipinski definition) is 1. The quantitative estimate of drug-likeness (QED) is 0.0583. The van der Waals surface area contributed by atoms with Gasteiger partial charge in [-0.3, -0.25) is 4.90 Å². The molecule has 100 heavy (non-hydrogen) atoms. The molecule has 0 aromatic carbocycles. The van der Waals surface area contributed by atoms with Crippen molar-refractivity contribution in [2.45, 2.75) is 65.0 Å². The van der Waals surface area contributed by atoms with Gasteiger partial charge in [-0.25, -0.2) is 38.1 Å². The highest BCUT2D eigenvalue weighted by Gasteiger charge is 2.26. The van der Waals surface area contributed by atoms with Gasteiger partial charge in [-0.2, -0.15) is 31.1 Å². The van der Waals surface area contributed by atoms with Crippen LogP contribution in [0.25, 0.3) is 49.9 Å². The molecule has 0 aliphatic carbocycles. The van der Waals surface area contributed by atoms with Crippen molar-refractivity contribution in [1.82, 2.24) is 58.9 Å². The molecule has 0 unspecified atom stereocenters. The van der Waals surface area contributed by atoms with E-state index in [2.05, 4.69) is 98.1 Å². The minimum Gasteiger partial charge on any atom is -0.492 e. The van der Waals surface area contributed by atoms with Crippen LogP contribution in [0.3, 0.4) is 0 Å². The van der Waals surface area contributed by atoms with E-state index in [0.29, 0.717) is 92.1 Å². The zero-order valence-electron chi connectivity index (χ0n) is 56.7. The van der Waals surface area contributed by atoms with Crippen molar-refractivity contribution in [1.29, 1.82) is 15.8 Å². The maximum Gasteiger partial charge on any atom is 0.410 e. The molecule has 0 spiro atoms. The number of piperazine rings is 1. The minimum atomic E-state index is -0.480. The SMILES string of the molecule is C#CCOC(=O)N1CCN(c2ccc(-c3cc(OCC)cn4ncc(C#N)c34)cn2)CC1.C#CCOC(=O)NC1CCN(c2ccc(-c3cc(OCC)cn4ncc(C#N)c34)cn2)CC1.CCOc1cc(-c2ccc(N3CCC(OCCC#CCN(C)C)CC3)nc2)c2c(C#N)cnn2c1. The molecule has 0 bridgehead atoms. The molecule has 3 aliphatic rings. The summed E-state index contributed by atoms with van der Waals surface area (Å²) in [5.74, 6) is 15.6. The third kappa shape index (κ3) is 17.7. The van der Waals surface area contributed by atoms with Crippen LogP contribution < -0.4 is 34.2 Å². The Bertz CT molecular complexity index is 4560. The maximum atomic E-state index is 11.9. The number of hydrogen-bond acceptors (Lipinski definition) is 21. The number of carbonyl (C=O) groups is 2. The lowest BCUT2D eigenvalue weighted by Gasteiger charge is -2.34.